The SMILES string of the molecule is O=C([C@@H]1COCCN1CC(F)(F)F)N1CC[C@](O)(c2ccccc2)[C@H]2CCCC[C@H]21. The molecule has 1 aliphatic carbocycles. The molecule has 3 fully saturated rings. The Labute approximate surface area is 174 Å². The van der Waals surface area contributed by atoms with Gasteiger partial charge in [0.15, 0.2) is 0 Å². The van der Waals surface area contributed by atoms with E-state index in [9.17, 15) is 23.1 Å². The van der Waals surface area contributed by atoms with Gasteiger partial charge in [0.1, 0.15) is 6.04 Å². The van der Waals surface area contributed by atoms with Crippen LogP contribution in [0.4, 0.5) is 13.2 Å². The Morgan fingerprint density at radius 1 is 1.17 bits per heavy atom. The number of amides is 1. The van der Waals surface area contributed by atoms with Gasteiger partial charge in [-0.25, -0.2) is 0 Å². The Kier molecular flexibility index (Phi) is 6.10. The molecule has 0 radical (unpaired) electrons. The van der Waals surface area contributed by atoms with E-state index in [0.29, 0.717) is 13.0 Å². The van der Waals surface area contributed by atoms with E-state index in [1.807, 2.05) is 30.3 Å². The zero-order valence-corrected chi connectivity index (χ0v) is 17.0. The van der Waals surface area contributed by atoms with E-state index >= 15 is 0 Å². The van der Waals surface area contributed by atoms with Gasteiger partial charge in [-0.1, -0.05) is 43.2 Å². The quantitative estimate of drug-likeness (QED) is 0.808. The van der Waals surface area contributed by atoms with Crippen molar-refractivity contribution in [3.8, 4) is 0 Å². The summed E-state index contributed by atoms with van der Waals surface area (Å²) in [5.41, 5.74) is -0.161. The van der Waals surface area contributed by atoms with Crippen LogP contribution in [0, 0.1) is 5.92 Å². The molecule has 2 saturated heterocycles. The number of fused-ring (bicyclic) bond motifs is 1. The predicted octanol–water partition coefficient (Wildman–Crippen LogP) is 2.93. The van der Waals surface area contributed by atoms with Crippen molar-refractivity contribution in [2.45, 2.75) is 56.0 Å². The molecular weight excluding hydrogens is 397 g/mol. The van der Waals surface area contributed by atoms with E-state index < -0.39 is 24.4 Å². The number of halogens is 3. The van der Waals surface area contributed by atoms with E-state index in [2.05, 4.69) is 0 Å². The van der Waals surface area contributed by atoms with Crippen LogP contribution in [0.25, 0.3) is 0 Å². The van der Waals surface area contributed by atoms with Crippen molar-refractivity contribution < 1.29 is 27.8 Å². The number of morpholine rings is 1. The zero-order chi connectivity index (χ0) is 21.4. The topological polar surface area (TPSA) is 53.0 Å². The Morgan fingerprint density at radius 2 is 1.90 bits per heavy atom. The van der Waals surface area contributed by atoms with Gasteiger partial charge in [-0.3, -0.25) is 9.69 Å². The van der Waals surface area contributed by atoms with E-state index in [4.69, 9.17) is 4.74 Å². The second kappa shape index (κ2) is 8.48. The third-order valence-corrected chi connectivity index (χ3v) is 6.94. The largest absolute Gasteiger partial charge is 0.401 e. The monoisotopic (exact) mass is 426 g/mol. The molecule has 30 heavy (non-hydrogen) atoms. The number of likely N-dealkylation sites (tertiary alicyclic amines) is 1. The van der Waals surface area contributed by atoms with Crippen molar-refractivity contribution in [2.24, 2.45) is 5.92 Å². The zero-order valence-electron chi connectivity index (χ0n) is 17.0. The molecule has 1 aromatic rings. The molecule has 8 heteroatoms. The highest BCUT2D eigenvalue weighted by Crippen LogP contribution is 2.47. The highest BCUT2D eigenvalue weighted by Gasteiger charge is 2.51. The third-order valence-electron chi connectivity index (χ3n) is 6.94. The number of ether oxygens (including phenoxy) is 1. The van der Waals surface area contributed by atoms with E-state index in [1.54, 1.807) is 4.90 Å². The van der Waals surface area contributed by atoms with Gasteiger partial charge in [0.05, 0.1) is 25.4 Å². The number of piperidine rings is 1. The number of carbonyl (C=O) groups excluding carboxylic acids is 1. The Balaban J connectivity index is 1.57. The van der Waals surface area contributed by atoms with Crippen molar-refractivity contribution in [2.75, 3.05) is 32.8 Å². The summed E-state index contributed by atoms with van der Waals surface area (Å²) in [5.74, 6) is -0.419. The lowest BCUT2D eigenvalue weighted by molar-refractivity contribution is -0.179. The molecule has 1 N–H and O–H groups in total. The molecule has 4 rings (SSSR count). The van der Waals surface area contributed by atoms with Crippen LogP contribution in [-0.2, 0) is 15.1 Å². The average molecular weight is 426 g/mol. The lowest BCUT2D eigenvalue weighted by Crippen LogP contribution is -2.64. The highest BCUT2D eigenvalue weighted by atomic mass is 19.4. The van der Waals surface area contributed by atoms with Crippen LogP contribution in [0.3, 0.4) is 0 Å². The summed E-state index contributed by atoms with van der Waals surface area (Å²) in [6, 6.07) is 8.45. The van der Waals surface area contributed by atoms with Gasteiger partial charge in [-0.05, 0) is 24.8 Å². The molecule has 4 atom stereocenters. The highest BCUT2D eigenvalue weighted by molar-refractivity contribution is 5.82. The number of carbonyl (C=O) groups is 1. The maximum absolute atomic E-state index is 13.4. The molecule has 0 unspecified atom stereocenters. The maximum Gasteiger partial charge on any atom is 0.401 e. The molecule has 0 bridgehead atoms. The van der Waals surface area contributed by atoms with Crippen LogP contribution >= 0.6 is 0 Å². The summed E-state index contributed by atoms with van der Waals surface area (Å²) < 4.78 is 44.5. The maximum atomic E-state index is 13.4. The van der Waals surface area contributed by atoms with Crippen molar-refractivity contribution in [1.29, 1.82) is 0 Å². The van der Waals surface area contributed by atoms with E-state index in [1.165, 1.54) is 4.90 Å². The number of rotatable bonds is 3. The minimum atomic E-state index is -4.36. The number of benzene rings is 1. The fourth-order valence-corrected chi connectivity index (χ4v) is 5.52. The normalized spacial score (nSPS) is 33.2. The predicted molar refractivity (Wildman–Crippen MR) is 105 cm³/mol. The van der Waals surface area contributed by atoms with Gasteiger partial charge in [0.2, 0.25) is 5.91 Å². The molecule has 166 valence electrons. The summed E-state index contributed by atoms with van der Waals surface area (Å²) in [7, 11) is 0. The molecule has 0 aromatic heterocycles. The Morgan fingerprint density at radius 3 is 2.63 bits per heavy atom. The smallest absolute Gasteiger partial charge is 0.385 e. The van der Waals surface area contributed by atoms with Crippen molar-refractivity contribution >= 4 is 5.91 Å². The van der Waals surface area contributed by atoms with Gasteiger partial charge >= 0.3 is 6.18 Å². The molecule has 2 aliphatic heterocycles. The van der Waals surface area contributed by atoms with Crippen LogP contribution < -0.4 is 0 Å². The second-order valence-corrected chi connectivity index (χ2v) is 8.71. The lowest BCUT2D eigenvalue weighted by Gasteiger charge is -2.53. The lowest BCUT2D eigenvalue weighted by atomic mass is 9.66. The van der Waals surface area contributed by atoms with Gasteiger partial charge in [0, 0.05) is 25.0 Å². The number of hydrogen-bond acceptors (Lipinski definition) is 4. The molecule has 0 spiro atoms. The number of nitrogens with zero attached hydrogens (tertiary/aromatic N) is 2. The fourth-order valence-electron chi connectivity index (χ4n) is 5.52. The summed E-state index contributed by atoms with van der Waals surface area (Å²) in [5, 5.41) is 11.6. The second-order valence-electron chi connectivity index (χ2n) is 8.71. The standard InChI is InChI=1S/C22H29F3N2O3/c23-22(24,25)15-26-12-13-30-14-19(26)20(28)27-11-10-21(29,16-6-2-1-3-7-16)17-8-4-5-9-18(17)27/h1-3,6-7,17-19,29H,4-5,8-15H2/t17-,18+,19-,21-/m0/s1. The first-order chi connectivity index (χ1) is 14.3. The van der Waals surface area contributed by atoms with E-state index in [-0.39, 0.29) is 37.6 Å². The molecule has 2 heterocycles. The number of hydrogen-bond donors (Lipinski definition) is 1. The molecule has 3 aliphatic rings. The molecular formula is C22H29F3N2O3. The minimum Gasteiger partial charge on any atom is -0.385 e. The van der Waals surface area contributed by atoms with Gasteiger partial charge in [-0.2, -0.15) is 13.2 Å². The molecule has 5 nitrogen and oxygen atoms in total. The summed E-state index contributed by atoms with van der Waals surface area (Å²) in [6.45, 7) is -0.512. The first kappa shape index (κ1) is 21.6. The summed E-state index contributed by atoms with van der Waals surface area (Å²) in [4.78, 5) is 16.3. The van der Waals surface area contributed by atoms with Crippen LogP contribution in [0.2, 0.25) is 0 Å². The fraction of sp³-hybridized carbons (Fsp3) is 0.682. The Hall–Kier alpha value is -1.64. The van der Waals surface area contributed by atoms with Crippen LogP contribution in [-0.4, -0.2) is 71.9 Å². The van der Waals surface area contributed by atoms with Crippen molar-refractivity contribution in [1.82, 2.24) is 9.80 Å². The van der Waals surface area contributed by atoms with Gasteiger partial charge < -0.3 is 14.7 Å². The average Bonchev–Trinajstić information content (AvgIpc) is 2.74. The Bertz CT molecular complexity index is 745. The number of alkyl halides is 3. The van der Waals surface area contributed by atoms with Crippen LogP contribution in [0.1, 0.15) is 37.7 Å². The molecule has 1 amide bonds. The van der Waals surface area contributed by atoms with Gasteiger partial charge in [0.25, 0.3) is 0 Å². The van der Waals surface area contributed by atoms with E-state index in [0.717, 1.165) is 31.2 Å². The number of aliphatic hydroxyl groups is 1. The van der Waals surface area contributed by atoms with Crippen LogP contribution in [0.15, 0.2) is 30.3 Å². The van der Waals surface area contributed by atoms with Gasteiger partial charge in [-0.15, -0.1) is 0 Å². The minimum absolute atomic E-state index is 0.0221. The first-order valence-electron chi connectivity index (χ1n) is 10.8. The first-order valence-corrected chi connectivity index (χ1v) is 10.8. The molecule has 1 saturated carbocycles. The molecule has 1 aromatic carbocycles. The third kappa shape index (κ3) is 4.22. The summed E-state index contributed by atoms with van der Waals surface area (Å²) in [6.07, 6.45) is -0.491. The van der Waals surface area contributed by atoms with Crippen molar-refractivity contribution in [3.63, 3.8) is 0 Å². The van der Waals surface area contributed by atoms with Crippen molar-refractivity contribution in [3.05, 3.63) is 35.9 Å². The van der Waals surface area contributed by atoms with Crippen LogP contribution in [0.5, 0.6) is 0 Å². The summed E-state index contributed by atoms with van der Waals surface area (Å²) >= 11 is 0.